The van der Waals surface area contributed by atoms with Crippen LogP contribution in [0.15, 0.2) is 31.0 Å². The van der Waals surface area contributed by atoms with Crippen LogP contribution in [-0.4, -0.2) is 24.3 Å². The van der Waals surface area contributed by atoms with E-state index < -0.39 is 18.0 Å². The summed E-state index contributed by atoms with van der Waals surface area (Å²) >= 11 is 0. The summed E-state index contributed by atoms with van der Waals surface area (Å²) in [6, 6.07) is 4.38. The number of ether oxygens (including phenoxy) is 2. The molecule has 5 nitrogen and oxygen atoms in total. The van der Waals surface area contributed by atoms with Crippen molar-refractivity contribution < 1.29 is 18.7 Å². The minimum Gasteiger partial charge on any atom is -0.455 e. The number of methoxy groups -OCH3 is 1. The Morgan fingerprint density at radius 1 is 1.50 bits per heavy atom. The fourth-order valence-electron chi connectivity index (χ4n) is 1.72. The van der Waals surface area contributed by atoms with Crippen molar-refractivity contribution in [2.24, 2.45) is 5.73 Å². The predicted octanol–water partition coefficient (Wildman–Crippen LogP) is 1.85. The molecule has 1 aromatic heterocycles. The summed E-state index contributed by atoms with van der Waals surface area (Å²) in [6.45, 7) is 3.62. The lowest BCUT2D eigenvalue weighted by Crippen LogP contribution is -2.35. The van der Waals surface area contributed by atoms with Crippen LogP contribution in [0.2, 0.25) is 0 Å². The van der Waals surface area contributed by atoms with E-state index in [0.717, 1.165) is 11.6 Å². The van der Waals surface area contributed by atoms with Gasteiger partial charge in [0.25, 0.3) is 12.2 Å². The summed E-state index contributed by atoms with van der Waals surface area (Å²) in [7, 11) is 1.27. The minimum atomic E-state index is -1.28. The van der Waals surface area contributed by atoms with Crippen molar-refractivity contribution in [2.75, 3.05) is 7.11 Å². The molecule has 0 aliphatic carbocycles. The van der Waals surface area contributed by atoms with Gasteiger partial charge in [0.15, 0.2) is 5.82 Å². The van der Waals surface area contributed by atoms with Gasteiger partial charge in [0, 0.05) is 24.8 Å². The zero-order valence-electron chi connectivity index (χ0n) is 10.8. The standard InChI is InChI=1S/C14H13FN2O3/c1-3-8-4-9-5-10(20-14(19-2)13(16)18)6-11(15)12(9)17-7-8/h3-7,14H,1H2,2H3,(H2,16,18). The van der Waals surface area contributed by atoms with E-state index in [4.69, 9.17) is 15.2 Å². The van der Waals surface area contributed by atoms with E-state index in [9.17, 15) is 9.18 Å². The third-order valence-electron chi connectivity index (χ3n) is 2.66. The number of aromatic nitrogens is 1. The summed E-state index contributed by atoms with van der Waals surface area (Å²) in [4.78, 5) is 15.0. The highest BCUT2D eigenvalue weighted by Gasteiger charge is 2.17. The van der Waals surface area contributed by atoms with Gasteiger partial charge in [-0.1, -0.05) is 12.7 Å². The van der Waals surface area contributed by atoms with Crippen molar-refractivity contribution in [3.05, 3.63) is 42.4 Å². The number of nitrogens with two attached hydrogens (primary N) is 1. The molecule has 6 heteroatoms. The number of nitrogens with zero attached hydrogens (tertiary/aromatic N) is 1. The zero-order chi connectivity index (χ0) is 14.7. The first-order valence-corrected chi connectivity index (χ1v) is 5.75. The Morgan fingerprint density at radius 2 is 2.25 bits per heavy atom. The Labute approximate surface area is 114 Å². The minimum absolute atomic E-state index is 0.128. The molecule has 0 spiro atoms. The van der Waals surface area contributed by atoms with Crippen LogP contribution in [-0.2, 0) is 9.53 Å². The van der Waals surface area contributed by atoms with E-state index in [1.165, 1.54) is 13.3 Å². The fraction of sp³-hybridized carbons (Fsp3) is 0.143. The molecule has 104 valence electrons. The van der Waals surface area contributed by atoms with Gasteiger partial charge in [-0.3, -0.25) is 9.78 Å². The number of hydrogen-bond acceptors (Lipinski definition) is 4. The maximum Gasteiger partial charge on any atom is 0.287 e. The molecular formula is C14H13FN2O3. The van der Waals surface area contributed by atoms with Gasteiger partial charge in [0.05, 0.1) is 0 Å². The molecule has 2 rings (SSSR count). The van der Waals surface area contributed by atoms with Gasteiger partial charge in [-0.05, 0) is 17.7 Å². The van der Waals surface area contributed by atoms with Gasteiger partial charge in [0.2, 0.25) is 0 Å². The van der Waals surface area contributed by atoms with Crippen LogP contribution in [0.1, 0.15) is 5.56 Å². The Kier molecular flexibility index (Phi) is 3.95. The summed E-state index contributed by atoms with van der Waals surface area (Å²) < 4.78 is 23.9. The summed E-state index contributed by atoms with van der Waals surface area (Å²) in [5.74, 6) is -1.23. The summed E-state index contributed by atoms with van der Waals surface area (Å²) in [6.07, 6.45) is 1.84. The van der Waals surface area contributed by atoms with E-state index in [1.807, 2.05) is 0 Å². The number of primary amides is 1. The molecule has 20 heavy (non-hydrogen) atoms. The molecule has 0 radical (unpaired) electrons. The molecule has 0 aliphatic rings. The topological polar surface area (TPSA) is 74.4 Å². The summed E-state index contributed by atoms with van der Waals surface area (Å²) in [5.41, 5.74) is 6.03. The van der Waals surface area contributed by atoms with Gasteiger partial charge in [-0.2, -0.15) is 0 Å². The second kappa shape index (κ2) is 5.66. The Balaban J connectivity index is 2.44. The summed E-state index contributed by atoms with van der Waals surface area (Å²) in [5, 5.41) is 0.525. The first kappa shape index (κ1) is 14.0. The average Bonchev–Trinajstić information content (AvgIpc) is 2.43. The van der Waals surface area contributed by atoms with Crippen molar-refractivity contribution >= 4 is 22.9 Å². The normalized spacial score (nSPS) is 12.1. The molecule has 0 fully saturated rings. The van der Waals surface area contributed by atoms with Crippen LogP contribution in [0, 0.1) is 5.82 Å². The number of halogens is 1. The number of carbonyl (C=O) groups is 1. The molecule has 1 unspecified atom stereocenters. The maximum absolute atomic E-state index is 13.9. The smallest absolute Gasteiger partial charge is 0.287 e. The van der Waals surface area contributed by atoms with Crippen LogP contribution >= 0.6 is 0 Å². The lowest BCUT2D eigenvalue weighted by molar-refractivity contribution is -0.144. The van der Waals surface area contributed by atoms with Gasteiger partial charge >= 0.3 is 0 Å². The highest BCUT2D eigenvalue weighted by molar-refractivity contribution is 5.83. The molecule has 0 bridgehead atoms. The van der Waals surface area contributed by atoms with Crippen LogP contribution in [0.25, 0.3) is 17.0 Å². The monoisotopic (exact) mass is 276 g/mol. The number of amides is 1. The van der Waals surface area contributed by atoms with Gasteiger partial charge < -0.3 is 15.2 Å². The van der Waals surface area contributed by atoms with Crippen LogP contribution in [0.5, 0.6) is 5.75 Å². The molecule has 0 saturated heterocycles. The Hall–Kier alpha value is -2.47. The molecule has 2 N–H and O–H groups in total. The van der Waals surface area contributed by atoms with E-state index in [1.54, 1.807) is 18.2 Å². The van der Waals surface area contributed by atoms with Gasteiger partial charge in [-0.25, -0.2) is 4.39 Å². The number of fused-ring (bicyclic) bond motifs is 1. The van der Waals surface area contributed by atoms with E-state index in [-0.39, 0.29) is 11.3 Å². The lowest BCUT2D eigenvalue weighted by Gasteiger charge is -2.14. The molecular weight excluding hydrogens is 263 g/mol. The lowest BCUT2D eigenvalue weighted by atomic mass is 10.1. The third-order valence-corrected chi connectivity index (χ3v) is 2.66. The number of carbonyl (C=O) groups excluding carboxylic acids is 1. The number of pyridine rings is 1. The molecule has 1 heterocycles. The van der Waals surface area contributed by atoms with E-state index in [0.29, 0.717) is 5.39 Å². The van der Waals surface area contributed by atoms with Crippen molar-refractivity contribution in [2.45, 2.75) is 6.29 Å². The zero-order valence-corrected chi connectivity index (χ0v) is 10.8. The number of hydrogen-bond donors (Lipinski definition) is 1. The molecule has 0 aliphatic heterocycles. The average molecular weight is 276 g/mol. The highest BCUT2D eigenvalue weighted by Crippen LogP contribution is 2.24. The first-order chi connectivity index (χ1) is 9.55. The predicted molar refractivity (Wildman–Crippen MR) is 72.4 cm³/mol. The Morgan fingerprint density at radius 3 is 2.85 bits per heavy atom. The van der Waals surface area contributed by atoms with E-state index >= 15 is 0 Å². The number of benzene rings is 1. The first-order valence-electron chi connectivity index (χ1n) is 5.75. The van der Waals surface area contributed by atoms with Crippen LogP contribution in [0.3, 0.4) is 0 Å². The molecule has 1 amide bonds. The van der Waals surface area contributed by atoms with Crippen molar-refractivity contribution in [1.29, 1.82) is 0 Å². The quantitative estimate of drug-likeness (QED) is 0.846. The largest absolute Gasteiger partial charge is 0.455 e. The SMILES string of the molecule is C=Cc1cnc2c(F)cc(OC(OC)C(N)=O)cc2c1. The molecule has 1 atom stereocenters. The second-order valence-electron chi connectivity index (χ2n) is 4.04. The maximum atomic E-state index is 13.9. The van der Waals surface area contributed by atoms with Crippen molar-refractivity contribution in [1.82, 2.24) is 4.98 Å². The fourth-order valence-corrected chi connectivity index (χ4v) is 1.72. The van der Waals surface area contributed by atoms with Gasteiger partial charge in [-0.15, -0.1) is 0 Å². The second-order valence-corrected chi connectivity index (χ2v) is 4.04. The molecule has 0 saturated carbocycles. The van der Waals surface area contributed by atoms with Crippen LogP contribution in [0.4, 0.5) is 4.39 Å². The molecule has 2 aromatic rings. The third kappa shape index (κ3) is 2.75. The van der Waals surface area contributed by atoms with Gasteiger partial charge in [0.1, 0.15) is 11.3 Å². The highest BCUT2D eigenvalue weighted by atomic mass is 19.1. The van der Waals surface area contributed by atoms with Crippen LogP contribution < -0.4 is 10.5 Å². The van der Waals surface area contributed by atoms with E-state index in [2.05, 4.69) is 11.6 Å². The molecule has 1 aromatic carbocycles. The van der Waals surface area contributed by atoms with Crippen molar-refractivity contribution in [3.63, 3.8) is 0 Å². The van der Waals surface area contributed by atoms with Crippen molar-refractivity contribution in [3.8, 4) is 5.75 Å². The Bertz CT molecular complexity index is 673. The number of rotatable bonds is 5.